The van der Waals surface area contributed by atoms with E-state index >= 15 is 0 Å². The second-order valence-corrected chi connectivity index (χ2v) is 0.363. The van der Waals surface area contributed by atoms with Gasteiger partial charge in [0.05, 0.1) is 0 Å². The van der Waals surface area contributed by atoms with E-state index in [0.29, 0.717) is 0 Å². The van der Waals surface area contributed by atoms with Gasteiger partial charge in [-0.05, 0) is 0 Å². The molecule has 0 aliphatic heterocycles. The lowest BCUT2D eigenvalue weighted by Gasteiger charge is -1.78. The first-order chi connectivity index (χ1) is 1.91. The Morgan fingerprint density at radius 2 is 2.00 bits per heavy atom. The zero-order chi connectivity index (χ0) is 3.41. The molecule has 0 unspecified atom stereocenters. The minimum Gasteiger partial charge on any atom is -0.370 e. The van der Waals surface area contributed by atoms with Gasteiger partial charge < -0.3 is 3.94 Å². The van der Waals surface area contributed by atoms with Crippen LogP contribution in [-0.4, -0.2) is 21.9 Å². The van der Waals surface area contributed by atoms with Gasteiger partial charge in [0.25, 0.3) is 0 Å². The highest BCUT2D eigenvalue weighted by Crippen LogP contribution is 1.48. The third-order valence-corrected chi connectivity index (χ3v) is 0.129. The van der Waals surface area contributed by atoms with E-state index in [0.717, 1.165) is 0 Å². The molecule has 3 nitrogen and oxygen atoms in total. The molecule has 0 heterocycles. The molecule has 0 spiro atoms. The summed E-state index contributed by atoms with van der Waals surface area (Å²) in [6.07, 6.45) is 0. The summed E-state index contributed by atoms with van der Waals surface area (Å²) in [5, 5.41) is 10.1. The molecule has 0 rings (SSSR count). The van der Waals surface area contributed by atoms with Crippen molar-refractivity contribution in [3.8, 4) is 0 Å². The van der Waals surface area contributed by atoms with Crippen LogP contribution in [0.1, 0.15) is 0 Å². The maximum atomic E-state index is 7.13. The number of hydrogen-bond donors (Lipinski definition) is 1. The molecule has 0 aromatic carbocycles. The predicted molar refractivity (Wildman–Crippen MR) is 10.6 cm³/mol. The highest BCUT2D eigenvalue weighted by atomic mass is 27.1. The normalized spacial score (nSPS) is 7.25. The summed E-state index contributed by atoms with van der Waals surface area (Å²) in [5.74, 6) is 0. The van der Waals surface area contributed by atoms with Crippen molar-refractivity contribution < 1.29 is 14.2 Å². The van der Waals surface area contributed by atoms with Crippen LogP contribution in [0, 0.1) is 0 Å². The Bertz CT molecular complexity index is 5.25. The van der Waals surface area contributed by atoms with Gasteiger partial charge in [-0.15, -0.1) is 5.04 Å². The van der Waals surface area contributed by atoms with Gasteiger partial charge in [-0.2, -0.15) is 0 Å². The first-order valence-corrected chi connectivity index (χ1v) is 1.06. The number of hydrogen-bond acceptors (Lipinski definition) is 3. The van der Waals surface area contributed by atoms with Crippen molar-refractivity contribution in [1.82, 2.24) is 0 Å². The van der Waals surface area contributed by atoms with E-state index in [1.807, 2.05) is 0 Å². The SMILES string of the molecule is OO[O][Al]. The maximum Gasteiger partial charge on any atom is 0.441 e. The van der Waals surface area contributed by atoms with E-state index in [9.17, 15) is 0 Å². The monoisotopic (exact) mass is 76.0 g/mol. The van der Waals surface area contributed by atoms with Crippen molar-refractivity contribution in [3.63, 3.8) is 0 Å². The van der Waals surface area contributed by atoms with Crippen LogP contribution >= 0.6 is 0 Å². The lowest BCUT2D eigenvalue weighted by molar-refractivity contribution is -0.439. The van der Waals surface area contributed by atoms with Crippen molar-refractivity contribution in [2.24, 2.45) is 0 Å². The van der Waals surface area contributed by atoms with Crippen LogP contribution in [0.2, 0.25) is 0 Å². The minimum atomic E-state index is 1.68. The van der Waals surface area contributed by atoms with Gasteiger partial charge >= 0.3 is 16.6 Å². The Hall–Kier alpha value is 0.412. The van der Waals surface area contributed by atoms with Gasteiger partial charge in [0, 0.05) is 0 Å². The van der Waals surface area contributed by atoms with Gasteiger partial charge in [0.1, 0.15) is 0 Å². The van der Waals surface area contributed by atoms with Crippen molar-refractivity contribution >= 4 is 16.6 Å². The fourth-order valence-electron chi connectivity index (χ4n) is 0. The van der Waals surface area contributed by atoms with Gasteiger partial charge in [-0.3, -0.25) is 0 Å². The van der Waals surface area contributed by atoms with Gasteiger partial charge in [0.2, 0.25) is 0 Å². The summed E-state index contributed by atoms with van der Waals surface area (Å²) in [5.41, 5.74) is 0. The molecule has 2 radical (unpaired) electrons. The summed E-state index contributed by atoms with van der Waals surface area (Å²) in [7, 11) is 0. The molecule has 0 aliphatic carbocycles. The summed E-state index contributed by atoms with van der Waals surface area (Å²) in [6.45, 7) is 0. The largest absolute Gasteiger partial charge is 0.441 e. The fourth-order valence-corrected chi connectivity index (χ4v) is 0. The Morgan fingerprint density at radius 3 is 2.00 bits per heavy atom. The Kier molecular flexibility index (Phi) is 3.76. The molecule has 0 aromatic rings. The first kappa shape index (κ1) is 4.41. The predicted octanol–water partition coefficient (Wildman–Crippen LogP) is -0.509. The van der Waals surface area contributed by atoms with Crippen LogP contribution in [0.3, 0.4) is 0 Å². The van der Waals surface area contributed by atoms with E-state index < -0.39 is 0 Å². The van der Waals surface area contributed by atoms with Gasteiger partial charge in [-0.1, -0.05) is 0 Å². The van der Waals surface area contributed by atoms with Gasteiger partial charge in [0.15, 0.2) is 0 Å². The lowest BCUT2D eigenvalue weighted by Crippen LogP contribution is -1.77. The Labute approximate surface area is 31.8 Å². The van der Waals surface area contributed by atoms with Crippen molar-refractivity contribution in [2.45, 2.75) is 0 Å². The zero-order valence-electron chi connectivity index (χ0n) is 1.84. The van der Waals surface area contributed by atoms with E-state index in [1.165, 1.54) is 0 Å². The molecule has 0 atom stereocenters. The van der Waals surface area contributed by atoms with Crippen LogP contribution < -0.4 is 0 Å². The molecule has 0 saturated carbocycles. The van der Waals surface area contributed by atoms with Crippen LogP contribution in [0.25, 0.3) is 0 Å². The summed E-state index contributed by atoms with van der Waals surface area (Å²) in [6, 6.07) is 0. The molecule has 4 heavy (non-hydrogen) atoms. The second-order valence-electron chi connectivity index (χ2n) is 0.171. The zero-order valence-corrected chi connectivity index (χ0v) is 3.00. The van der Waals surface area contributed by atoms with E-state index in [-0.39, 0.29) is 0 Å². The van der Waals surface area contributed by atoms with Crippen LogP contribution in [0.15, 0.2) is 0 Å². The molecular weight excluding hydrogens is 75.0 g/mol. The molecule has 0 aliphatic rings. The van der Waals surface area contributed by atoms with Crippen LogP contribution in [0.4, 0.5) is 0 Å². The van der Waals surface area contributed by atoms with E-state index in [2.05, 4.69) is 8.98 Å². The summed E-state index contributed by atoms with van der Waals surface area (Å²) in [4.78, 5) is 0. The molecule has 0 saturated heterocycles. The highest BCUT2D eigenvalue weighted by molar-refractivity contribution is 5.97. The molecule has 4 heteroatoms. The molecule has 0 aromatic heterocycles. The summed E-state index contributed by atoms with van der Waals surface area (Å²) < 4.78 is 3.51. The minimum absolute atomic E-state index is 1.68. The lowest BCUT2D eigenvalue weighted by atomic mass is 14.6. The molecule has 0 amide bonds. The average molecular weight is 76.0 g/mol. The van der Waals surface area contributed by atoms with Crippen molar-refractivity contribution in [2.75, 3.05) is 0 Å². The quantitative estimate of drug-likeness (QED) is 0.260. The van der Waals surface area contributed by atoms with E-state index in [1.54, 1.807) is 16.6 Å². The summed E-state index contributed by atoms with van der Waals surface area (Å²) >= 11 is 1.68. The van der Waals surface area contributed by atoms with Crippen LogP contribution in [0.5, 0.6) is 0 Å². The smallest absolute Gasteiger partial charge is 0.370 e. The third-order valence-electron chi connectivity index (χ3n) is 0.0430. The molecule has 0 bridgehead atoms. The van der Waals surface area contributed by atoms with Crippen molar-refractivity contribution in [3.05, 3.63) is 0 Å². The Morgan fingerprint density at radius 1 is 1.75 bits per heavy atom. The fraction of sp³-hybridized carbons (Fsp3) is 0. The molecular formula is HAlO3. The molecule has 22 valence electrons. The number of rotatable bonds is 1. The first-order valence-electron chi connectivity index (χ1n) is 0.585. The van der Waals surface area contributed by atoms with Crippen molar-refractivity contribution in [1.29, 1.82) is 0 Å². The highest BCUT2D eigenvalue weighted by Gasteiger charge is 1.52. The molecule has 0 fully saturated rings. The molecule has 1 N–H and O–H groups in total. The average Bonchev–Trinajstić information content (AvgIpc) is 1.37. The van der Waals surface area contributed by atoms with Gasteiger partial charge in [-0.25, -0.2) is 5.26 Å². The second kappa shape index (κ2) is 3.41. The standard InChI is InChI=1S/Al.H2O3/c;1-3-2/h;1-2H/q+1;/p-1. The maximum absolute atomic E-state index is 7.13. The Balaban J connectivity index is 1.97. The topological polar surface area (TPSA) is 38.7 Å². The van der Waals surface area contributed by atoms with E-state index in [4.69, 9.17) is 5.26 Å². The van der Waals surface area contributed by atoms with Crippen LogP contribution in [-0.2, 0) is 8.98 Å². The third kappa shape index (κ3) is 2.41.